The third-order valence-electron chi connectivity index (χ3n) is 3.05. The molecule has 0 atom stereocenters. The van der Waals surface area contributed by atoms with E-state index >= 15 is 0 Å². The number of carbonyl (C=O) groups excluding carboxylic acids is 1. The number of ketones is 1. The molecule has 0 spiro atoms. The van der Waals surface area contributed by atoms with Gasteiger partial charge in [-0.2, -0.15) is 0 Å². The maximum atomic E-state index is 11.9. The highest BCUT2D eigenvalue weighted by Crippen LogP contribution is 2.09. The van der Waals surface area contributed by atoms with Gasteiger partial charge in [0.1, 0.15) is 5.75 Å². The maximum absolute atomic E-state index is 11.9. The fourth-order valence-electron chi connectivity index (χ4n) is 1.87. The van der Waals surface area contributed by atoms with Gasteiger partial charge in [-0.15, -0.1) is 0 Å². The van der Waals surface area contributed by atoms with Crippen LogP contribution in [0.25, 0.3) is 0 Å². The Bertz CT molecular complexity index is 562. The number of phenolic OH excluding ortho intramolecular Hbond substituents is 1. The number of anilines is 1. The summed E-state index contributed by atoms with van der Waals surface area (Å²) in [5.41, 5.74) is 8.02. The van der Waals surface area contributed by atoms with Crippen LogP contribution < -0.4 is 11.1 Å². The molecular formula is C16H18N2O2. The van der Waals surface area contributed by atoms with Crippen molar-refractivity contribution >= 4 is 11.5 Å². The standard InChI is InChI=1S/C16H18N2O2/c17-14-5-3-13(4-6-14)16(20)11-18-10-9-12-1-7-15(19)8-2-12/h1-8,18-19H,9-11,17H2. The molecule has 0 aliphatic carbocycles. The van der Waals surface area contributed by atoms with Gasteiger partial charge in [-0.05, 0) is 54.9 Å². The van der Waals surface area contributed by atoms with E-state index in [1.165, 1.54) is 0 Å². The summed E-state index contributed by atoms with van der Waals surface area (Å²) >= 11 is 0. The summed E-state index contributed by atoms with van der Waals surface area (Å²) in [6, 6.07) is 14.0. The second-order valence-corrected chi connectivity index (χ2v) is 4.64. The molecule has 2 aromatic rings. The number of nitrogens with two attached hydrogens (primary N) is 1. The fourth-order valence-corrected chi connectivity index (χ4v) is 1.87. The van der Waals surface area contributed by atoms with Gasteiger partial charge < -0.3 is 16.2 Å². The van der Waals surface area contributed by atoms with Crippen molar-refractivity contribution in [1.82, 2.24) is 5.32 Å². The highest BCUT2D eigenvalue weighted by Gasteiger charge is 2.04. The second kappa shape index (κ2) is 6.73. The molecule has 0 saturated heterocycles. The topological polar surface area (TPSA) is 75.4 Å². The average Bonchev–Trinajstić information content (AvgIpc) is 2.46. The van der Waals surface area contributed by atoms with Crippen molar-refractivity contribution < 1.29 is 9.90 Å². The van der Waals surface area contributed by atoms with Crippen molar-refractivity contribution in [2.24, 2.45) is 0 Å². The summed E-state index contributed by atoms with van der Waals surface area (Å²) in [6.07, 6.45) is 0.815. The Morgan fingerprint density at radius 2 is 1.70 bits per heavy atom. The summed E-state index contributed by atoms with van der Waals surface area (Å²) in [6.45, 7) is 1.02. The molecule has 2 aromatic carbocycles. The molecule has 2 rings (SSSR count). The number of carbonyl (C=O) groups is 1. The van der Waals surface area contributed by atoms with Crippen LogP contribution in [0.4, 0.5) is 5.69 Å². The van der Waals surface area contributed by atoms with Crippen LogP contribution in [0, 0.1) is 0 Å². The number of hydrogen-bond acceptors (Lipinski definition) is 4. The summed E-state index contributed by atoms with van der Waals surface area (Å²) in [4.78, 5) is 11.9. The zero-order chi connectivity index (χ0) is 14.4. The van der Waals surface area contributed by atoms with E-state index in [1.807, 2.05) is 12.1 Å². The van der Waals surface area contributed by atoms with Crippen LogP contribution in [0.15, 0.2) is 48.5 Å². The van der Waals surface area contributed by atoms with E-state index in [0.717, 1.165) is 12.0 Å². The van der Waals surface area contributed by atoms with Gasteiger partial charge in [-0.1, -0.05) is 12.1 Å². The lowest BCUT2D eigenvalue weighted by atomic mass is 10.1. The summed E-state index contributed by atoms with van der Waals surface area (Å²) in [5, 5.41) is 12.3. The molecule has 0 aliphatic rings. The molecule has 4 N–H and O–H groups in total. The molecule has 0 fully saturated rings. The summed E-state index contributed by atoms with van der Waals surface area (Å²) in [7, 11) is 0. The van der Waals surface area contributed by atoms with Crippen molar-refractivity contribution in [3.05, 3.63) is 59.7 Å². The number of phenols is 1. The number of rotatable bonds is 6. The molecule has 0 saturated carbocycles. The number of hydrogen-bond donors (Lipinski definition) is 3. The predicted octanol–water partition coefficient (Wildman–Crippen LogP) is 1.99. The normalized spacial score (nSPS) is 10.4. The van der Waals surface area contributed by atoms with Gasteiger partial charge >= 0.3 is 0 Å². The molecule has 0 aromatic heterocycles. The molecular weight excluding hydrogens is 252 g/mol. The Hall–Kier alpha value is -2.33. The highest BCUT2D eigenvalue weighted by molar-refractivity contribution is 5.97. The third-order valence-corrected chi connectivity index (χ3v) is 3.05. The van der Waals surface area contributed by atoms with E-state index in [9.17, 15) is 9.90 Å². The van der Waals surface area contributed by atoms with Gasteiger partial charge in [0.15, 0.2) is 5.78 Å². The second-order valence-electron chi connectivity index (χ2n) is 4.64. The molecule has 0 radical (unpaired) electrons. The van der Waals surface area contributed by atoms with E-state index in [0.29, 0.717) is 24.3 Å². The SMILES string of the molecule is Nc1ccc(C(=O)CNCCc2ccc(O)cc2)cc1. The molecule has 0 heterocycles. The van der Waals surface area contributed by atoms with Crippen LogP contribution in [0.1, 0.15) is 15.9 Å². The monoisotopic (exact) mass is 270 g/mol. The van der Waals surface area contributed by atoms with E-state index < -0.39 is 0 Å². The molecule has 4 heteroatoms. The Labute approximate surface area is 118 Å². The number of nitrogen functional groups attached to an aromatic ring is 1. The van der Waals surface area contributed by atoms with Crippen molar-refractivity contribution in [3.63, 3.8) is 0 Å². The molecule has 0 unspecified atom stereocenters. The fraction of sp³-hybridized carbons (Fsp3) is 0.188. The minimum Gasteiger partial charge on any atom is -0.508 e. The average molecular weight is 270 g/mol. The first kappa shape index (κ1) is 14.1. The molecule has 20 heavy (non-hydrogen) atoms. The van der Waals surface area contributed by atoms with Gasteiger partial charge in [0.25, 0.3) is 0 Å². The Kier molecular flexibility index (Phi) is 4.74. The van der Waals surface area contributed by atoms with Crippen molar-refractivity contribution in [1.29, 1.82) is 0 Å². The number of benzene rings is 2. The zero-order valence-corrected chi connectivity index (χ0v) is 11.2. The first-order valence-electron chi connectivity index (χ1n) is 6.52. The smallest absolute Gasteiger partial charge is 0.176 e. The minimum absolute atomic E-state index is 0.0516. The van der Waals surface area contributed by atoms with Gasteiger partial charge in [-0.3, -0.25) is 4.79 Å². The Balaban J connectivity index is 1.74. The number of aromatic hydroxyl groups is 1. The van der Waals surface area contributed by atoms with E-state index in [1.54, 1.807) is 36.4 Å². The lowest BCUT2D eigenvalue weighted by molar-refractivity contribution is 0.0991. The number of nitrogens with one attached hydrogen (secondary N) is 1. The van der Waals surface area contributed by atoms with Crippen molar-refractivity contribution in [3.8, 4) is 5.75 Å². The maximum Gasteiger partial charge on any atom is 0.176 e. The lowest BCUT2D eigenvalue weighted by Crippen LogP contribution is -2.25. The van der Waals surface area contributed by atoms with Crippen molar-refractivity contribution in [2.75, 3.05) is 18.8 Å². The molecule has 104 valence electrons. The Morgan fingerprint density at radius 3 is 2.35 bits per heavy atom. The Morgan fingerprint density at radius 1 is 1.05 bits per heavy atom. The van der Waals surface area contributed by atoms with E-state index in [-0.39, 0.29) is 11.5 Å². The van der Waals surface area contributed by atoms with Crippen LogP contribution in [-0.2, 0) is 6.42 Å². The lowest BCUT2D eigenvalue weighted by Gasteiger charge is -2.05. The quantitative estimate of drug-likeness (QED) is 0.426. The summed E-state index contributed by atoms with van der Waals surface area (Å²) in [5.74, 6) is 0.316. The zero-order valence-electron chi connectivity index (χ0n) is 11.2. The molecule has 0 amide bonds. The third kappa shape index (κ3) is 4.10. The van der Waals surface area contributed by atoms with E-state index in [2.05, 4.69) is 5.32 Å². The first-order valence-corrected chi connectivity index (χ1v) is 6.52. The van der Waals surface area contributed by atoms with Gasteiger partial charge in [0, 0.05) is 11.3 Å². The van der Waals surface area contributed by atoms with Gasteiger partial charge in [0.05, 0.1) is 6.54 Å². The van der Waals surface area contributed by atoms with Crippen LogP contribution in [0.3, 0.4) is 0 Å². The van der Waals surface area contributed by atoms with Crippen LogP contribution in [0.5, 0.6) is 5.75 Å². The minimum atomic E-state index is 0.0516. The first-order chi connectivity index (χ1) is 9.65. The van der Waals surface area contributed by atoms with Gasteiger partial charge in [0.2, 0.25) is 0 Å². The van der Waals surface area contributed by atoms with Crippen LogP contribution >= 0.6 is 0 Å². The van der Waals surface area contributed by atoms with Crippen LogP contribution in [-0.4, -0.2) is 24.0 Å². The molecule has 0 bridgehead atoms. The van der Waals surface area contributed by atoms with Gasteiger partial charge in [-0.25, -0.2) is 0 Å². The van der Waals surface area contributed by atoms with E-state index in [4.69, 9.17) is 5.73 Å². The van der Waals surface area contributed by atoms with Crippen molar-refractivity contribution in [2.45, 2.75) is 6.42 Å². The summed E-state index contributed by atoms with van der Waals surface area (Å²) < 4.78 is 0. The number of Topliss-reactive ketones (excluding diaryl/α,β-unsaturated/α-hetero) is 1. The highest BCUT2D eigenvalue weighted by atomic mass is 16.3. The molecule has 4 nitrogen and oxygen atoms in total. The predicted molar refractivity (Wildman–Crippen MR) is 79.9 cm³/mol. The molecule has 0 aliphatic heterocycles. The van der Waals surface area contributed by atoms with Crippen LogP contribution in [0.2, 0.25) is 0 Å². The largest absolute Gasteiger partial charge is 0.508 e.